The lowest BCUT2D eigenvalue weighted by Gasteiger charge is -2.42. The first-order chi connectivity index (χ1) is 15.3. The highest BCUT2D eigenvalue weighted by molar-refractivity contribution is 5.60. The maximum atomic E-state index is 12.5. The molecule has 0 amide bonds. The summed E-state index contributed by atoms with van der Waals surface area (Å²) < 4.78 is 34.3. The normalized spacial score (nSPS) is 35.2. The Labute approximate surface area is 190 Å². The largest absolute Gasteiger partial charge is 0.508 e. The summed E-state index contributed by atoms with van der Waals surface area (Å²) >= 11 is 0. The van der Waals surface area contributed by atoms with Crippen LogP contribution < -0.4 is 4.74 Å². The fourth-order valence-corrected chi connectivity index (χ4v) is 5.09. The quantitative estimate of drug-likeness (QED) is 0.332. The van der Waals surface area contributed by atoms with Crippen LogP contribution in [0.25, 0.3) is 0 Å². The van der Waals surface area contributed by atoms with Crippen LogP contribution in [0.5, 0.6) is 5.75 Å². The molecular formula is C25H34O7. The topological polar surface area (TPSA) is 79.1 Å². The van der Waals surface area contributed by atoms with Crippen molar-refractivity contribution in [1.82, 2.24) is 0 Å². The summed E-state index contributed by atoms with van der Waals surface area (Å²) in [4.78, 5) is 12.5. The van der Waals surface area contributed by atoms with E-state index in [4.69, 9.17) is 28.4 Å². The molecule has 1 saturated carbocycles. The molecule has 2 aliphatic heterocycles. The van der Waals surface area contributed by atoms with E-state index < -0.39 is 12.3 Å². The van der Waals surface area contributed by atoms with Gasteiger partial charge in [-0.1, -0.05) is 23.8 Å². The molecule has 1 aromatic carbocycles. The van der Waals surface area contributed by atoms with Gasteiger partial charge in [0, 0.05) is 7.11 Å². The molecular weight excluding hydrogens is 412 g/mol. The number of hydrogen-bond donors (Lipinski definition) is 0. The maximum absolute atomic E-state index is 12.5. The smallest absolute Gasteiger partial charge is 0.497 e. The number of carbonyl (C=O) groups is 1. The van der Waals surface area contributed by atoms with Crippen molar-refractivity contribution in [2.45, 2.75) is 76.2 Å². The minimum Gasteiger partial charge on any atom is -0.497 e. The van der Waals surface area contributed by atoms with Gasteiger partial charge in [-0.2, -0.15) is 0 Å². The van der Waals surface area contributed by atoms with Crippen LogP contribution in [0.2, 0.25) is 0 Å². The maximum Gasteiger partial charge on any atom is 0.508 e. The zero-order chi connectivity index (χ0) is 22.9. The molecule has 1 spiro atoms. The third-order valence-electron chi connectivity index (χ3n) is 7.00. The van der Waals surface area contributed by atoms with Crippen LogP contribution in [-0.4, -0.2) is 56.5 Å². The highest BCUT2D eigenvalue weighted by atomic mass is 16.7. The number of epoxide rings is 2. The summed E-state index contributed by atoms with van der Waals surface area (Å²) in [6.07, 6.45) is 3.23. The van der Waals surface area contributed by atoms with Crippen LogP contribution in [0.1, 0.15) is 45.6 Å². The summed E-state index contributed by atoms with van der Waals surface area (Å²) in [5.41, 5.74) is 1.52. The molecule has 176 valence electrons. The van der Waals surface area contributed by atoms with Gasteiger partial charge in [0.25, 0.3) is 0 Å². The lowest BCUT2D eigenvalue weighted by molar-refractivity contribution is -0.128. The van der Waals surface area contributed by atoms with Gasteiger partial charge in [-0.3, -0.25) is 0 Å². The van der Waals surface area contributed by atoms with E-state index in [1.807, 2.05) is 24.3 Å². The van der Waals surface area contributed by atoms with Crippen molar-refractivity contribution in [3.63, 3.8) is 0 Å². The lowest BCUT2D eigenvalue weighted by atomic mass is 9.68. The molecule has 3 fully saturated rings. The summed E-state index contributed by atoms with van der Waals surface area (Å²) in [6, 6.07) is 7.36. The minimum absolute atomic E-state index is 0.0105. The Bertz CT molecular complexity index is 840. The van der Waals surface area contributed by atoms with Gasteiger partial charge in [-0.05, 0) is 57.7 Å². The number of allylic oxidation sites excluding steroid dienone is 1. The van der Waals surface area contributed by atoms with Crippen molar-refractivity contribution in [2.24, 2.45) is 5.92 Å². The van der Waals surface area contributed by atoms with Crippen molar-refractivity contribution < 1.29 is 33.2 Å². The Hall–Kier alpha value is -2.09. The molecule has 7 nitrogen and oxygen atoms in total. The Morgan fingerprint density at radius 3 is 2.53 bits per heavy atom. The Morgan fingerprint density at radius 2 is 1.94 bits per heavy atom. The van der Waals surface area contributed by atoms with Crippen molar-refractivity contribution in [3.8, 4) is 5.75 Å². The van der Waals surface area contributed by atoms with E-state index in [0.29, 0.717) is 13.0 Å². The van der Waals surface area contributed by atoms with Gasteiger partial charge < -0.3 is 28.4 Å². The first-order valence-electron chi connectivity index (χ1n) is 11.3. The average Bonchev–Trinajstić information content (AvgIpc) is 3.69. The Kier molecular flexibility index (Phi) is 6.52. The summed E-state index contributed by atoms with van der Waals surface area (Å²) in [6.45, 7) is 7.13. The minimum atomic E-state index is -0.692. The van der Waals surface area contributed by atoms with Crippen molar-refractivity contribution in [1.29, 1.82) is 0 Å². The number of ether oxygens (including phenoxy) is 6. The standard InChI is InChI=1S/C25H34O7/c1-16(2)6-11-20-24(3,32-20)22-21(28-5)19(12-13-25(22)15-30-25)31-23(26)29-14-17-7-9-18(27-4)10-8-17/h6-10,19-22H,11-15H2,1-5H3/t19-,20-,21-,22-,24+,25+/m1/s1. The predicted octanol–water partition coefficient (Wildman–Crippen LogP) is 4.42. The predicted molar refractivity (Wildman–Crippen MR) is 118 cm³/mol. The van der Waals surface area contributed by atoms with Gasteiger partial charge in [0.05, 0.1) is 25.7 Å². The summed E-state index contributed by atoms with van der Waals surface area (Å²) in [7, 11) is 3.27. The summed E-state index contributed by atoms with van der Waals surface area (Å²) in [5, 5.41) is 0. The molecule has 0 bridgehead atoms. The van der Waals surface area contributed by atoms with E-state index in [1.165, 1.54) is 5.57 Å². The second kappa shape index (κ2) is 9.04. The Morgan fingerprint density at radius 1 is 1.22 bits per heavy atom. The number of carbonyl (C=O) groups excluding carboxylic acids is 1. The molecule has 0 radical (unpaired) electrons. The van der Waals surface area contributed by atoms with E-state index >= 15 is 0 Å². The number of hydrogen-bond acceptors (Lipinski definition) is 7. The highest BCUT2D eigenvalue weighted by Crippen LogP contribution is 2.59. The van der Waals surface area contributed by atoms with Gasteiger partial charge in [-0.25, -0.2) is 4.79 Å². The van der Waals surface area contributed by atoms with E-state index in [1.54, 1.807) is 14.2 Å². The lowest BCUT2D eigenvalue weighted by Crippen LogP contribution is -2.55. The molecule has 32 heavy (non-hydrogen) atoms. The van der Waals surface area contributed by atoms with Crippen LogP contribution in [0.4, 0.5) is 4.79 Å². The Balaban J connectivity index is 1.39. The molecule has 4 rings (SSSR count). The third-order valence-corrected chi connectivity index (χ3v) is 7.00. The molecule has 2 saturated heterocycles. The average molecular weight is 447 g/mol. The van der Waals surface area contributed by atoms with E-state index in [9.17, 15) is 4.79 Å². The van der Waals surface area contributed by atoms with E-state index in [2.05, 4.69) is 26.8 Å². The molecule has 6 atom stereocenters. The zero-order valence-electron chi connectivity index (χ0n) is 19.6. The van der Waals surface area contributed by atoms with Gasteiger partial charge in [0.1, 0.15) is 35.8 Å². The molecule has 2 heterocycles. The fourth-order valence-electron chi connectivity index (χ4n) is 5.09. The molecule has 0 N–H and O–H groups in total. The molecule has 7 heteroatoms. The number of rotatable bonds is 8. The van der Waals surface area contributed by atoms with Gasteiger partial charge in [-0.15, -0.1) is 0 Å². The van der Waals surface area contributed by atoms with Crippen molar-refractivity contribution in [2.75, 3.05) is 20.8 Å². The number of benzene rings is 1. The first kappa shape index (κ1) is 23.1. The van der Waals surface area contributed by atoms with Crippen LogP contribution in [0.3, 0.4) is 0 Å². The summed E-state index contributed by atoms with van der Waals surface area (Å²) in [5.74, 6) is 0.742. The van der Waals surface area contributed by atoms with Gasteiger partial charge in [0.15, 0.2) is 0 Å². The molecule has 3 aliphatic rings. The monoisotopic (exact) mass is 446 g/mol. The van der Waals surface area contributed by atoms with E-state index in [-0.39, 0.29) is 35.9 Å². The fraction of sp³-hybridized carbons (Fsp3) is 0.640. The SMILES string of the molecule is COc1ccc(COC(=O)O[C@@H]2CC[C@]3(CO3)[C@@H]([C@@]3(C)O[C@@H]3CC=C(C)C)[C@@H]2OC)cc1. The molecule has 0 unspecified atom stereocenters. The zero-order valence-corrected chi connectivity index (χ0v) is 19.6. The molecule has 0 aromatic heterocycles. The second-order valence-corrected chi connectivity index (χ2v) is 9.42. The van der Waals surface area contributed by atoms with Gasteiger partial charge in [0.2, 0.25) is 0 Å². The molecule has 1 aromatic rings. The molecule has 1 aliphatic carbocycles. The number of methoxy groups -OCH3 is 2. The van der Waals surface area contributed by atoms with Crippen molar-refractivity contribution in [3.05, 3.63) is 41.5 Å². The third kappa shape index (κ3) is 4.65. The first-order valence-corrected chi connectivity index (χ1v) is 11.3. The highest BCUT2D eigenvalue weighted by Gasteiger charge is 2.72. The van der Waals surface area contributed by atoms with Gasteiger partial charge >= 0.3 is 6.16 Å². The van der Waals surface area contributed by atoms with Crippen LogP contribution in [-0.2, 0) is 30.3 Å². The van der Waals surface area contributed by atoms with Crippen molar-refractivity contribution >= 4 is 6.16 Å². The van der Waals surface area contributed by atoms with E-state index in [0.717, 1.165) is 24.2 Å². The van der Waals surface area contributed by atoms with Crippen LogP contribution in [0, 0.1) is 5.92 Å². The van der Waals surface area contributed by atoms with Crippen LogP contribution >= 0.6 is 0 Å². The van der Waals surface area contributed by atoms with Crippen LogP contribution in [0.15, 0.2) is 35.9 Å². The second-order valence-electron chi connectivity index (χ2n) is 9.42.